The molecule has 0 aromatic heterocycles. The Morgan fingerprint density at radius 1 is 1.28 bits per heavy atom. The van der Waals surface area contributed by atoms with Crippen molar-refractivity contribution in [1.29, 1.82) is 0 Å². The Hall–Kier alpha value is -1.16. The Balaban J connectivity index is 2.23. The van der Waals surface area contributed by atoms with E-state index in [-0.39, 0.29) is 11.0 Å². The van der Waals surface area contributed by atoms with Crippen LogP contribution >= 0.6 is 11.8 Å². The molecule has 98 valence electrons. The molecular weight excluding hydrogens is 248 g/mol. The molecule has 1 atom stereocenters. The first-order chi connectivity index (χ1) is 8.76. The Morgan fingerprint density at radius 3 is 2.72 bits per heavy atom. The molecule has 1 heterocycles. The van der Waals surface area contributed by atoms with E-state index in [1.165, 1.54) is 6.42 Å². The van der Waals surface area contributed by atoms with Crippen LogP contribution in [0.5, 0.6) is 11.5 Å². The molecule has 1 aliphatic heterocycles. The van der Waals surface area contributed by atoms with Crippen LogP contribution in [-0.2, 0) is 0 Å². The fourth-order valence-electron chi connectivity index (χ4n) is 2.12. The van der Waals surface area contributed by atoms with Crippen molar-refractivity contribution < 1.29 is 14.3 Å². The number of ether oxygens (including phenoxy) is 2. The molecule has 0 aliphatic carbocycles. The highest BCUT2D eigenvalue weighted by atomic mass is 32.2. The first-order valence-electron chi connectivity index (χ1n) is 6.14. The van der Waals surface area contributed by atoms with Crippen molar-refractivity contribution in [3.8, 4) is 11.5 Å². The molecule has 0 saturated carbocycles. The third-order valence-electron chi connectivity index (χ3n) is 3.15. The van der Waals surface area contributed by atoms with E-state index in [0.29, 0.717) is 17.1 Å². The summed E-state index contributed by atoms with van der Waals surface area (Å²) in [4.78, 5) is 12.4. The smallest absolute Gasteiger partial charge is 0.179 e. The molecule has 0 N–H and O–H groups in total. The second-order valence-corrected chi connectivity index (χ2v) is 5.60. The molecular formula is C14H18O3S. The van der Waals surface area contributed by atoms with Crippen LogP contribution in [0.3, 0.4) is 0 Å². The van der Waals surface area contributed by atoms with Crippen LogP contribution in [0.25, 0.3) is 0 Å². The van der Waals surface area contributed by atoms with Gasteiger partial charge in [0.2, 0.25) is 0 Å². The minimum Gasteiger partial charge on any atom is -0.497 e. The van der Waals surface area contributed by atoms with Crippen LogP contribution < -0.4 is 9.47 Å². The van der Waals surface area contributed by atoms with E-state index in [9.17, 15) is 4.79 Å². The van der Waals surface area contributed by atoms with E-state index in [4.69, 9.17) is 9.47 Å². The van der Waals surface area contributed by atoms with Crippen molar-refractivity contribution in [1.82, 2.24) is 0 Å². The van der Waals surface area contributed by atoms with Gasteiger partial charge >= 0.3 is 0 Å². The SMILES string of the molecule is COc1ccc(C(=O)C2CCCCS2)c(OC)c1. The Kier molecular flexibility index (Phi) is 4.53. The number of rotatable bonds is 4. The first-order valence-corrected chi connectivity index (χ1v) is 7.19. The molecule has 1 aromatic rings. The van der Waals surface area contributed by atoms with Crippen molar-refractivity contribution in [2.24, 2.45) is 0 Å². The molecule has 0 spiro atoms. The zero-order valence-corrected chi connectivity index (χ0v) is 11.6. The van der Waals surface area contributed by atoms with Crippen LogP contribution in [0, 0.1) is 0 Å². The molecule has 0 radical (unpaired) electrons. The maximum Gasteiger partial charge on any atom is 0.179 e. The van der Waals surface area contributed by atoms with Crippen molar-refractivity contribution in [3.63, 3.8) is 0 Å². The van der Waals surface area contributed by atoms with E-state index < -0.39 is 0 Å². The predicted octanol–water partition coefficient (Wildman–Crippen LogP) is 3.17. The van der Waals surface area contributed by atoms with Gasteiger partial charge in [0.05, 0.1) is 25.0 Å². The van der Waals surface area contributed by atoms with E-state index in [1.807, 2.05) is 6.07 Å². The average molecular weight is 266 g/mol. The number of hydrogen-bond donors (Lipinski definition) is 0. The van der Waals surface area contributed by atoms with Crippen LogP contribution in [0.4, 0.5) is 0 Å². The van der Waals surface area contributed by atoms with Gasteiger partial charge < -0.3 is 9.47 Å². The Morgan fingerprint density at radius 2 is 2.11 bits per heavy atom. The largest absolute Gasteiger partial charge is 0.497 e. The second kappa shape index (κ2) is 6.14. The summed E-state index contributed by atoms with van der Waals surface area (Å²) in [6.45, 7) is 0. The number of Topliss-reactive ketones (excluding diaryl/α,β-unsaturated/α-hetero) is 1. The van der Waals surface area contributed by atoms with Gasteiger partial charge in [-0.15, -0.1) is 0 Å². The maximum atomic E-state index is 12.4. The van der Waals surface area contributed by atoms with Crippen molar-refractivity contribution in [3.05, 3.63) is 23.8 Å². The lowest BCUT2D eigenvalue weighted by Gasteiger charge is -2.21. The third kappa shape index (κ3) is 2.80. The predicted molar refractivity (Wildman–Crippen MR) is 74.0 cm³/mol. The Labute approximate surface area is 112 Å². The number of methoxy groups -OCH3 is 2. The second-order valence-electron chi connectivity index (χ2n) is 4.29. The maximum absolute atomic E-state index is 12.4. The molecule has 2 rings (SSSR count). The van der Waals surface area contributed by atoms with Gasteiger partial charge in [-0.05, 0) is 30.7 Å². The Bertz CT molecular complexity index is 425. The number of ketones is 1. The molecule has 18 heavy (non-hydrogen) atoms. The minimum atomic E-state index is 0.0843. The van der Waals surface area contributed by atoms with Crippen LogP contribution in [0.2, 0.25) is 0 Å². The summed E-state index contributed by atoms with van der Waals surface area (Å²) in [5.74, 6) is 2.57. The fraction of sp³-hybridized carbons (Fsp3) is 0.500. The van der Waals surface area contributed by atoms with Crippen molar-refractivity contribution >= 4 is 17.5 Å². The van der Waals surface area contributed by atoms with Gasteiger partial charge in [0.1, 0.15) is 11.5 Å². The normalized spacial score (nSPS) is 19.3. The number of thioether (sulfide) groups is 1. The molecule has 1 saturated heterocycles. The average Bonchev–Trinajstić information content (AvgIpc) is 2.46. The molecule has 0 amide bonds. The molecule has 1 aliphatic rings. The van der Waals surface area contributed by atoms with Crippen molar-refractivity contribution in [2.45, 2.75) is 24.5 Å². The topological polar surface area (TPSA) is 35.5 Å². The van der Waals surface area contributed by atoms with Crippen LogP contribution in [0.1, 0.15) is 29.6 Å². The fourth-order valence-corrected chi connectivity index (χ4v) is 3.39. The first kappa shape index (κ1) is 13.3. The van der Waals surface area contributed by atoms with Gasteiger partial charge in [-0.2, -0.15) is 11.8 Å². The lowest BCUT2D eigenvalue weighted by Crippen LogP contribution is -2.21. The highest BCUT2D eigenvalue weighted by molar-refractivity contribution is 8.00. The zero-order valence-electron chi connectivity index (χ0n) is 10.8. The summed E-state index contributed by atoms with van der Waals surface area (Å²) in [5.41, 5.74) is 0.665. The van der Waals surface area contributed by atoms with E-state index in [0.717, 1.165) is 18.6 Å². The third-order valence-corrected chi connectivity index (χ3v) is 4.52. The lowest BCUT2D eigenvalue weighted by molar-refractivity contribution is 0.0982. The lowest BCUT2D eigenvalue weighted by atomic mass is 10.0. The highest BCUT2D eigenvalue weighted by Crippen LogP contribution is 2.32. The number of carbonyl (C=O) groups is 1. The van der Waals surface area contributed by atoms with E-state index in [1.54, 1.807) is 38.1 Å². The summed E-state index contributed by atoms with van der Waals surface area (Å²) in [6.07, 6.45) is 3.33. The van der Waals surface area contributed by atoms with E-state index in [2.05, 4.69) is 0 Å². The summed E-state index contributed by atoms with van der Waals surface area (Å²) in [5, 5.41) is 0.0843. The summed E-state index contributed by atoms with van der Waals surface area (Å²) in [6, 6.07) is 5.37. The molecule has 4 heteroatoms. The number of carbonyl (C=O) groups excluding carboxylic acids is 1. The van der Waals surface area contributed by atoms with Gasteiger partial charge in [0.25, 0.3) is 0 Å². The van der Waals surface area contributed by atoms with Crippen LogP contribution in [0.15, 0.2) is 18.2 Å². The van der Waals surface area contributed by atoms with Crippen LogP contribution in [-0.4, -0.2) is 31.0 Å². The molecule has 3 nitrogen and oxygen atoms in total. The summed E-state index contributed by atoms with van der Waals surface area (Å²) >= 11 is 1.76. The van der Waals surface area contributed by atoms with Gasteiger partial charge in [-0.1, -0.05) is 6.42 Å². The van der Waals surface area contributed by atoms with Gasteiger partial charge in [-0.25, -0.2) is 0 Å². The standard InChI is InChI=1S/C14H18O3S/c1-16-10-6-7-11(12(9-10)17-2)14(15)13-5-3-4-8-18-13/h6-7,9,13H,3-5,8H2,1-2H3. The highest BCUT2D eigenvalue weighted by Gasteiger charge is 2.25. The van der Waals surface area contributed by atoms with Gasteiger partial charge in [-0.3, -0.25) is 4.79 Å². The molecule has 1 unspecified atom stereocenters. The minimum absolute atomic E-state index is 0.0843. The molecule has 1 fully saturated rings. The van der Waals surface area contributed by atoms with Gasteiger partial charge in [0.15, 0.2) is 5.78 Å². The zero-order chi connectivity index (χ0) is 13.0. The van der Waals surface area contributed by atoms with Gasteiger partial charge in [0, 0.05) is 6.07 Å². The quantitative estimate of drug-likeness (QED) is 0.784. The van der Waals surface area contributed by atoms with Crippen molar-refractivity contribution in [2.75, 3.05) is 20.0 Å². The van der Waals surface area contributed by atoms with E-state index >= 15 is 0 Å². The number of hydrogen-bond acceptors (Lipinski definition) is 4. The summed E-state index contributed by atoms with van der Waals surface area (Å²) < 4.78 is 10.4. The molecule has 0 bridgehead atoms. The number of benzene rings is 1. The molecule has 1 aromatic carbocycles. The summed E-state index contributed by atoms with van der Waals surface area (Å²) in [7, 11) is 3.19. The monoisotopic (exact) mass is 266 g/mol.